The molecule has 0 saturated heterocycles. The maximum absolute atomic E-state index is 5.96. The van der Waals surface area contributed by atoms with E-state index in [4.69, 9.17) is 15.2 Å². The van der Waals surface area contributed by atoms with Crippen molar-refractivity contribution in [3.8, 4) is 11.5 Å². The van der Waals surface area contributed by atoms with Gasteiger partial charge in [0, 0.05) is 22.3 Å². The van der Waals surface area contributed by atoms with Gasteiger partial charge in [0.2, 0.25) is 0 Å². The van der Waals surface area contributed by atoms with Crippen LogP contribution in [0.2, 0.25) is 0 Å². The lowest BCUT2D eigenvalue weighted by atomic mass is 10.1. The molecule has 2 aromatic rings. The number of hydrogen-bond donors (Lipinski definition) is 1. The van der Waals surface area contributed by atoms with Crippen LogP contribution in [0.4, 0.5) is 0 Å². The van der Waals surface area contributed by atoms with Gasteiger partial charge in [-0.15, -0.1) is 11.8 Å². The first-order valence-electron chi connectivity index (χ1n) is 6.83. The molecule has 0 amide bonds. The zero-order chi connectivity index (χ0) is 15.2. The number of rotatable bonds is 6. The highest BCUT2D eigenvalue weighted by Gasteiger charge is 2.08. The van der Waals surface area contributed by atoms with Gasteiger partial charge in [0.15, 0.2) is 0 Å². The van der Waals surface area contributed by atoms with Gasteiger partial charge in [-0.1, -0.05) is 12.1 Å². The number of hydrogen-bond acceptors (Lipinski definition) is 4. The van der Waals surface area contributed by atoms with Crippen molar-refractivity contribution in [2.75, 3.05) is 14.2 Å². The molecule has 0 saturated carbocycles. The molecule has 2 N–H and O–H groups in total. The van der Waals surface area contributed by atoms with Crippen molar-refractivity contribution in [1.82, 2.24) is 0 Å². The molecule has 0 radical (unpaired) electrons. The summed E-state index contributed by atoms with van der Waals surface area (Å²) in [6.07, 6.45) is 0. The Bertz CT molecular complexity index is 599. The number of benzene rings is 2. The summed E-state index contributed by atoms with van der Waals surface area (Å²) in [5, 5.41) is 0. The molecule has 1 atom stereocenters. The summed E-state index contributed by atoms with van der Waals surface area (Å²) in [6.45, 7) is 1.99. The van der Waals surface area contributed by atoms with E-state index in [1.807, 2.05) is 37.3 Å². The summed E-state index contributed by atoms with van der Waals surface area (Å²) in [6, 6.07) is 14.2. The van der Waals surface area contributed by atoms with E-state index < -0.39 is 0 Å². The quantitative estimate of drug-likeness (QED) is 0.819. The number of ether oxygens (including phenoxy) is 2. The Labute approximate surface area is 130 Å². The second kappa shape index (κ2) is 7.38. The van der Waals surface area contributed by atoms with Crippen LogP contribution in [0.3, 0.4) is 0 Å². The Morgan fingerprint density at radius 1 is 1.10 bits per heavy atom. The molecular formula is C17H21NO2S. The smallest absolute Gasteiger partial charge is 0.122 e. The highest BCUT2D eigenvalue weighted by molar-refractivity contribution is 7.98. The standard InChI is InChI=1S/C17H21NO2S/c1-12(18)13-7-8-17(20-3)14(9-13)11-21-16-6-4-5-15(10-16)19-2/h4-10,12H,11,18H2,1-3H3. The normalized spacial score (nSPS) is 12.0. The van der Waals surface area contributed by atoms with Gasteiger partial charge in [0.05, 0.1) is 14.2 Å². The predicted octanol–water partition coefficient (Wildman–Crippen LogP) is 4.02. The summed E-state index contributed by atoms with van der Waals surface area (Å²) >= 11 is 1.75. The second-order valence-electron chi connectivity index (χ2n) is 4.83. The summed E-state index contributed by atoms with van der Waals surface area (Å²) in [7, 11) is 3.37. The third-order valence-corrected chi connectivity index (χ3v) is 4.31. The lowest BCUT2D eigenvalue weighted by Crippen LogP contribution is -2.05. The first-order chi connectivity index (χ1) is 10.1. The maximum atomic E-state index is 5.96. The molecule has 2 aromatic carbocycles. The van der Waals surface area contributed by atoms with Crippen LogP contribution in [0.25, 0.3) is 0 Å². The molecule has 1 unspecified atom stereocenters. The Balaban J connectivity index is 2.16. The lowest BCUT2D eigenvalue weighted by Gasteiger charge is -2.13. The van der Waals surface area contributed by atoms with Gasteiger partial charge in [-0.3, -0.25) is 0 Å². The zero-order valence-corrected chi connectivity index (χ0v) is 13.4. The molecule has 0 aromatic heterocycles. The molecule has 0 heterocycles. The molecular weight excluding hydrogens is 282 g/mol. The van der Waals surface area contributed by atoms with Crippen LogP contribution < -0.4 is 15.2 Å². The molecule has 0 spiro atoms. The number of methoxy groups -OCH3 is 2. The van der Waals surface area contributed by atoms with E-state index >= 15 is 0 Å². The van der Waals surface area contributed by atoms with Gasteiger partial charge in [0.25, 0.3) is 0 Å². The first kappa shape index (κ1) is 15.7. The van der Waals surface area contributed by atoms with E-state index in [0.29, 0.717) is 0 Å². The fraction of sp³-hybridized carbons (Fsp3) is 0.294. The van der Waals surface area contributed by atoms with E-state index in [9.17, 15) is 0 Å². The zero-order valence-electron chi connectivity index (χ0n) is 12.6. The molecule has 0 bridgehead atoms. The SMILES string of the molecule is COc1cccc(SCc2cc(C(C)N)ccc2OC)c1. The van der Waals surface area contributed by atoms with Crippen LogP contribution >= 0.6 is 11.8 Å². The Morgan fingerprint density at radius 2 is 1.90 bits per heavy atom. The van der Waals surface area contributed by atoms with Crippen molar-refractivity contribution in [2.24, 2.45) is 5.73 Å². The first-order valence-corrected chi connectivity index (χ1v) is 7.82. The minimum absolute atomic E-state index is 0.0245. The molecule has 3 nitrogen and oxygen atoms in total. The van der Waals surface area contributed by atoms with Crippen LogP contribution in [0.5, 0.6) is 11.5 Å². The topological polar surface area (TPSA) is 44.5 Å². The Hall–Kier alpha value is -1.65. The van der Waals surface area contributed by atoms with Gasteiger partial charge in [-0.05, 0) is 42.8 Å². The van der Waals surface area contributed by atoms with Crippen LogP contribution in [0, 0.1) is 0 Å². The number of nitrogens with two attached hydrogens (primary N) is 1. The van der Waals surface area contributed by atoms with Crippen LogP contribution in [0.15, 0.2) is 47.4 Å². The van der Waals surface area contributed by atoms with Gasteiger partial charge in [-0.25, -0.2) is 0 Å². The molecule has 4 heteroatoms. The van der Waals surface area contributed by atoms with Crippen LogP contribution in [0.1, 0.15) is 24.1 Å². The summed E-state index contributed by atoms with van der Waals surface area (Å²) in [5.41, 5.74) is 8.23. The highest BCUT2D eigenvalue weighted by atomic mass is 32.2. The molecule has 0 aliphatic carbocycles. The molecule has 21 heavy (non-hydrogen) atoms. The average Bonchev–Trinajstić information content (AvgIpc) is 2.52. The number of thioether (sulfide) groups is 1. The van der Waals surface area contributed by atoms with Crippen molar-refractivity contribution in [2.45, 2.75) is 23.6 Å². The molecule has 112 valence electrons. The molecule has 0 fully saturated rings. The monoisotopic (exact) mass is 303 g/mol. The van der Waals surface area contributed by atoms with Crippen molar-refractivity contribution < 1.29 is 9.47 Å². The van der Waals surface area contributed by atoms with Crippen molar-refractivity contribution >= 4 is 11.8 Å². The fourth-order valence-electron chi connectivity index (χ4n) is 2.05. The van der Waals surface area contributed by atoms with Gasteiger partial charge < -0.3 is 15.2 Å². The minimum atomic E-state index is 0.0245. The molecule has 0 aliphatic rings. The van der Waals surface area contributed by atoms with Crippen molar-refractivity contribution in [3.05, 3.63) is 53.6 Å². The highest BCUT2D eigenvalue weighted by Crippen LogP contribution is 2.31. The van der Waals surface area contributed by atoms with E-state index in [2.05, 4.69) is 12.1 Å². The third kappa shape index (κ3) is 4.16. The summed E-state index contributed by atoms with van der Waals surface area (Å²) in [5.74, 6) is 2.60. The summed E-state index contributed by atoms with van der Waals surface area (Å²) in [4.78, 5) is 1.17. The van der Waals surface area contributed by atoms with E-state index in [-0.39, 0.29) is 6.04 Å². The molecule has 0 aliphatic heterocycles. The molecule has 2 rings (SSSR count). The van der Waals surface area contributed by atoms with Crippen LogP contribution in [-0.4, -0.2) is 14.2 Å². The van der Waals surface area contributed by atoms with E-state index in [0.717, 1.165) is 28.4 Å². The van der Waals surface area contributed by atoms with Crippen LogP contribution in [-0.2, 0) is 5.75 Å². The largest absolute Gasteiger partial charge is 0.497 e. The van der Waals surface area contributed by atoms with Gasteiger partial charge >= 0.3 is 0 Å². The van der Waals surface area contributed by atoms with Crippen molar-refractivity contribution in [1.29, 1.82) is 0 Å². The Kier molecular flexibility index (Phi) is 5.53. The lowest BCUT2D eigenvalue weighted by molar-refractivity contribution is 0.411. The average molecular weight is 303 g/mol. The van der Waals surface area contributed by atoms with E-state index in [1.54, 1.807) is 26.0 Å². The van der Waals surface area contributed by atoms with Crippen molar-refractivity contribution in [3.63, 3.8) is 0 Å². The minimum Gasteiger partial charge on any atom is -0.497 e. The maximum Gasteiger partial charge on any atom is 0.122 e. The predicted molar refractivity (Wildman–Crippen MR) is 88.2 cm³/mol. The fourth-order valence-corrected chi connectivity index (χ4v) is 2.97. The second-order valence-corrected chi connectivity index (χ2v) is 5.88. The van der Waals surface area contributed by atoms with Gasteiger partial charge in [0.1, 0.15) is 11.5 Å². The third-order valence-electron chi connectivity index (χ3n) is 3.27. The Morgan fingerprint density at radius 3 is 2.57 bits per heavy atom. The van der Waals surface area contributed by atoms with Gasteiger partial charge in [-0.2, -0.15) is 0 Å². The summed E-state index contributed by atoms with van der Waals surface area (Å²) < 4.78 is 10.7. The van der Waals surface area contributed by atoms with E-state index in [1.165, 1.54) is 4.90 Å².